The highest BCUT2D eigenvalue weighted by molar-refractivity contribution is 14.1. The molecule has 0 bridgehead atoms. The van der Waals surface area contributed by atoms with Crippen molar-refractivity contribution in [3.05, 3.63) is 55.8 Å². The molecular weight excluding hydrogens is 351 g/mol. The Morgan fingerprint density at radius 2 is 2.00 bits per heavy atom. The molecule has 0 radical (unpaired) electrons. The van der Waals surface area contributed by atoms with Crippen LogP contribution in [0, 0.1) is 13.7 Å². The molecule has 0 aliphatic heterocycles. The number of hydrogen-bond donors (Lipinski definition) is 1. The van der Waals surface area contributed by atoms with Gasteiger partial charge in [0.05, 0.1) is 11.8 Å². The molecule has 0 fully saturated rings. The lowest BCUT2D eigenvalue weighted by atomic mass is 10.3. The smallest absolute Gasteiger partial charge is 0.395 e. The van der Waals surface area contributed by atoms with E-state index < -0.39 is 16.7 Å². The lowest BCUT2D eigenvalue weighted by molar-refractivity contribution is -0.402. The molecule has 0 aliphatic rings. The van der Waals surface area contributed by atoms with Gasteiger partial charge in [-0.15, -0.1) is 0 Å². The van der Waals surface area contributed by atoms with Crippen molar-refractivity contribution in [3.63, 3.8) is 0 Å². The second-order valence-electron chi connectivity index (χ2n) is 3.33. The maximum absolute atomic E-state index is 11.8. The number of nitrogens with one attached hydrogen (secondary N) is 1. The van der Waals surface area contributed by atoms with Gasteiger partial charge >= 0.3 is 5.88 Å². The molecule has 0 spiro atoms. The zero-order valence-corrected chi connectivity index (χ0v) is 11.1. The molecule has 1 heterocycles. The first-order valence-corrected chi connectivity index (χ1v) is 5.96. The molecule has 92 valence electrons. The second kappa shape index (κ2) is 5.17. The van der Waals surface area contributed by atoms with E-state index in [-0.39, 0.29) is 5.76 Å². The van der Waals surface area contributed by atoms with Crippen LogP contribution >= 0.6 is 22.6 Å². The summed E-state index contributed by atoms with van der Waals surface area (Å²) in [6.45, 7) is 0. The lowest BCUT2D eigenvalue weighted by Crippen LogP contribution is -2.11. The van der Waals surface area contributed by atoms with Crippen molar-refractivity contribution in [3.8, 4) is 0 Å². The number of anilines is 1. The van der Waals surface area contributed by atoms with Crippen LogP contribution in [0.1, 0.15) is 10.6 Å². The number of rotatable bonds is 3. The summed E-state index contributed by atoms with van der Waals surface area (Å²) >= 11 is 2.08. The SMILES string of the molecule is O=C(Nc1ccccc1I)c1ccc([N+](=O)[O-])o1. The van der Waals surface area contributed by atoms with Crippen molar-refractivity contribution in [1.82, 2.24) is 0 Å². The topological polar surface area (TPSA) is 85.4 Å². The van der Waals surface area contributed by atoms with Crippen LogP contribution in [0.25, 0.3) is 0 Å². The van der Waals surface area contributed by atoms with Crippen LogP contribution in [0.4, 0.5) is 11.6 Å². The van der Waals surface area contributed by atoms with Gasteiger partial charge in [0.15, 0.2) is 5.76 Å². The first-order chi connectivity index (χ1) is 8.58. The van der Waals surface area contributed by atoms with Crippen LogP contribution in [0.2, 0.25) is 0 Å². The van der Waals surface area contributed by atoms with Crippen molar-refractivity contribution < 1.29 is 14.1 Å². The van der Waals surface area contributed by atoms with Gasteiger partial charge < -0.3 is 9.73 Å². The van der Waals surface area contributed by atoms with Crippen LogP contribution in [-0.4, -0.2) is 10.8 Å². The fourth-order valence-corrected chi connectivity index (χ4v) is 1.82. The van der Waals surface area contributed by atoms with Crippen LogP contribution in [0.5, 0.6) is 0 Å². The van der Waals surface area contributed by atoms with Crippen LogP contribution in [-0.2, 0) is 0 Å². The van der Waals surface area contributed by atoms with Gasteiger partial charge in [-0.05, 0) is 40.8 Å². The summed E-state index contributed by atoms with van der Waals surface area (Å²) in [5.41, 5.74) is 0.627. The molecule has 18 heavy (non-hydrogen) atoms. The van der Waals surface area contributed by atoms with E-state index in [2.05, 4.69) is 27.9 Å². The zero-order chi connectivity index (χ0) is 13.1. The maximum atomic E-state index is 11.8. The van der Waals surface area contributed by atoms with Gasteiger partial charge in [0, 0.05) is 3.57 Å². The summed E-state index contributed by atoms with van der Waals surface area (Å²) in [5, 5.41) is 13.0. The molecule has 0 aliphatic carbocycles. The van der Waals surface area contributed by atoms with E-state index in [0.717, 1.165) is 9.64 Å². The fraction of sp³-hybridized carbons (Fsp3) is 0. The van der Waals surface area contributed by atoms with Gasteiger partial charge in [0.25, 0.3) is 5.91 Å². The van der Waals surface area contributed by atoms with Crippen molar-refractivity contribution in [2.75, 3.05) is 5.32 Å². The van der Waals surface area contributed by atoms with Gasteiger partial charge in [-0.2, -0.15) is 0 Å². The molecule has 0 saturated heterocycles. The molecule has 1 aromatic carbocycles. The molecule has 0 unspecified atom stereocenters. The quantitative estimate of drug-likeness (QED) is 0.519. The number of carbonyl (C=O) groups is 1. The highest BCUT2D eigenvalue weighted by atomic mass is 127. The van der Waals surface area contributed by atoms with Crippen molar-refractivity contribution in [1.29, 1.82) is 0 Å². The average Bonchev–Trinajstić information content (AvgIpc) is 2.81. The van der Waals surface area contributed by atoms with Gasteiger partial charge in [-0.3, -0.25) is 14.9 Å². The summed E-state index contributed by atoms with van der Waals surface area (Å²) in [4.78, 5) is 21.5. The molecular formula is C11H7IN2O4. The molecule has 7 heteroatoms. The van der Waals surface area contributed by atoms with E-state index in [9.17, 15) is 14.9 Å². The Hall–Kier alpha value is -1.90. The van der Waals surface area contributed by atoms with Gasteiger partial charge in [-0.25, -0.2) is 0 Å². The number of hydrogen-bond acceptors (Lipinski definition) is 4. The number of carbonyl (C=O) groups excluding carboxylic acids is 1. The number of furan rings is 1. The molecule has 2 rings (SSSR count). The van der Waals surface area contributed by atoms with Crippen molar-refractivity contribution >= 4 is 40.1 Å². The summed E-state index contributed by atoms with van der Waals surface area (Å²) in [6.07, 6.45) is 0. The first-order valence-electron chi connectivity index (χ1n) is 4.88. The molecule has 1 N–H and O–H groups in total. The Morgan fingerprint density at radius 1 is 1.28 bits per heavy atom. The first kappa shape index (κ1) is 12.6. The van der Waals surface area contributed by atoms with E-state index in [1.807, 2.05) is 12.1 Å². The highest BCUT2D eigenvalue weighted by Crippen LogP contribution is 2.20. The minimum Gasteiger partial charge on any atom is -0.395 e. The highest BCUT2D eigenvalue weighted by Gasteiger charge is 2.17. The van der Waals surface area contributed by atoms with Crippen LogP contribution < -0.4 is 5.32 Å². The number of benzene rings is 1. The fourth-order valence-electron chi connectivity index (χ4n) is 1.29. The van der Waals surface area contributed by atoms with Gasteiger partial charge in [-0.1, -0.05) is 12.1 Å². The predicted molar refractivity (Wildman–Crippen MR) is 72.5 cm³/mol. The Kier molecular flexibility index (Phi) is 3.60. The normalized spacial score (nSPS) is 10.1. The summed E-state index contributed by atoms with van der Waals surface area (Å²) in [7, 11) is 0. The summed E-state index contributed by atoms with van der Waals surface area (Å²) < 4.78 is 5.67. The average molecular weight is 358 g/mol. The minimum atomic E-state index is -0.691. The number of halogens is 1. The number of nitrogens with zero attached hydrogens (tertiary/aromatic N) is 1. The Morgan fingerprint density at radius 3 is 2.61 bits per heavy atom. The number of amides is 1. The molecule has 0 atom stereocenters. The van der Waals surface area contributed by atoms with Gasteiger partial charge in [0.2, 0.25) is 0 Å². The number of nitro groups is 1. The maximum Gasteiger partial charge on any atom is 0.433 e. The van der Waals surface area contributed by atoms with Crippen LogP contribution in [0.3, 0.4) is 0 Å². The number of para-hydroxylation sites is 1. The Bertz CT molecular complexity index is 609. The molecule has 0 saturated carbocycles. The van der Waals surface area contributed by atoms with E-state index in [0.29, 0.717) is 5.69 Å². The lowest BCUT2D eigenvalue weighted by Gasteiger charge is -2.04. The molecule has 1 amide bonds. The third kappa shape index (κ3) is 2.67. The van der Waals surface area contributed by atoms with E-state index in [1.165, 1.54) is 6.07 Å². The molecule has 2 aromatic rings. The molecule has 6 nitrogen and oxygen atoms in total. The zero-order valence-electron chi connectivity index (χ0n) is 8.92. The van der Waals surface area contributed by atoms with E-state index in [4.69, 9.17) is 4.42 Å². The third-order valence-electron chi connectivity index (χ3n) is 2.12. The van der Waals surface area contributed by atoms with Crippen molar-refractivity contribution in [2.45, 2.75) is 0 Å². The van der Waals surface area contributed by atoms with E-state index >= 15 is 0 Å². The van der Waals surface area contributed by atoms with Crippen molar-refractivity contribution in [2.24, 2.45) is 0 Å². The largest absolute Gasteiger partial charge is 0.433 e. The Labute approximate surface area is 115 Å². The Balaban J connectivity index is 2.17. The minimum absolute atomic E-state index is 0.0960. The van der Waals surface area contributed by atoms with E-state index in [1.54, 1.807) is 12.1 Å². The summed E-state index contributed by atoms with van der Waals surface area (Å²) in [6, 6.07) is 9.60. The monoisotopic (exact) mass is 358 g/mol. The van der Waals surface area contributed by atoms with Crippen LogP contribution in [0.15, 0.2) is 40.8 Å². The second-order valence-corrected chi connectivity index (χ2v) is 4.49. The summed E-state index contributed by atoms with van der Waals surface area (Å²) in [5.74, 6) is -1.07. The predicted octanol–water partition coefficient (Wildman–Crippen LogP) is 3.04. The van der Waals surface area contributed by atoms with Gasteiger partial charge in [0.1, 0.15) is 4.92 Å². The third-order valence-corrected chi connectivity index (χ3v) is 3.06. The standard InChI is InChI=1S/C11H7IN2O4/c12-7-3-1-2-4-8(7)13-11(15)9-5-6-10(18-9)14(16)17/h1-6H,(H,13,15). The molecule has 1 aromatic heterocycles.